The zero-order chi connectivity index (χ0) is 17.9. The average molecular weight is 355 g/mol. The van der Waals surface area contributed by atoms with Gasteiger partial charge in [0.25, 0.3) is 0 Å². The molecule has 0 bridgehead atoms. The summed E-state index contributed by atoms with van der Waals surface area (Å²) in [6.45, 7) is 1.89. The van der Waals surface area contributed by atoms with Gasteiger partial charge in [0.2, 0.25) is 5.91 Å². The average Bonchev–Trinajstić information content (AvgIpc) is 3.16. The van der Waals surface area contributed by atoms with Crippen LogP contribution in [-0.4, -0.2) is 30.6 Å². The Kier molecular flexibility index (Phi) is 4.78. The number of ether oxygens (including phenoxy) is 2. The Bertz CT molecular complexity index is 808. The first kappa shape index (κ1) is 16.9. The monoisotopic (exact) mass is 355 g/mol. The Morgan fingerprint density at radius 1 is 1.12 bits per heavy atom. The highest BCUT2D eigenvalue weighted by Gasteiger charge is 2.30. The number of aryl methyl sites for hydroxylation is 1. The van der Waals surface area contributed by atoms with E-state index in [1.807, 2.05) is 29.2 Å². The third-order valence-electron chi connectivity index (χ3n) is 5.04. The van der Waals surface area contributed by atoms with E-state index in [4.69, 9.17) is 9.47 Å². The van der Waals surface area contributed by atoms with Crippen LogP contribution in [0, 0.1) is 5.82 Å². The van der Waals surface area contributed by atoms with E-state index >= 15 is 0 Å². The van der Waals surface area contributed by atoms with Crippen molar-refractivity contribution in [1.82, 2.24) is 4.90 Å². The van der Waals surface area contributed by atoms with Crippen LogP contribution < -0.4 is 9.47 Å². The third kappa shape index (κ3) is 3.52. The van der Waals surface area contributed by atoms with Gasteiger partial charge >= 0.3 is 0 Å². The van der Waals surface area contributed by atoms with E-state index in [9.17, 15) is 9.18 Å². The van der Waals surface area contributed by atoms with Gasteiger partial charge in [0.05, 0.1) is 6.04 Å². The van der Waals surface area contributed by atoms with Gasteiger partial charge in [-0.05, 0) is 54.7 Å². The van der Waals surface area contributed by atoms with Gasteiger partial charge in [-0.2, -0.15) is 0 Å². The molecule has 5 heteroatoms. The number of carbonyl (C=O) groups is 1. The number of hydrogen-bond acceptors (Lipinski definition) is 3. The van der Waals surface area contributed by atoms with Crippen LogP contribution in [0.3, 0.4) is 0 Å². The van der Waals surface area contributed by atoms with Crippen molar-refractivity contribution in [3.63, 3.8) is 0 Å². The lowest BCUT2D eigenvalue weighted by Crippen LogP contribution is -2.30. The summed E-state index contributed by atoms with van der Waals surface area (Å²) in [6.07, 6.45) is 2.89. The smallest absolute Gasteiger partial charge is 0.223 e. The van der Waals surface area contributed by atoms with Crippen molar-refractivity contribution in [2.75, 3.05) is 19.8 Å². The van der Waals surface area contributed by atoms with E-state index in [0.717, 1.165) is 42.0 Å². The summed E-state index contributed by atoms with van der Waals surface area (Å²) >= 11 is 0. The van der Waals surface area contributed by atoms with Gasteiger partial charge in [0.1, 0.15) is 19.0 Å². The highest BCUT2D eigenvalue weighted by molar-refractivity contribution is 5.77. The zero-order valence-electron chi connectivity index (χ0n) is 14.6. The Balaban J connectivity index is 1.45. The number of benzene rings is 2. The number of hydrogen-bond donors (Lipinski definition) is 0. The van der Waals surface area contributed by atoms with Crippen LogP contribution in [0.2, 0.25) is 0 Å². The number of halogens is 1. The second-order valence-electron chi connectivity index (χ2n) is 6.78. The lowest BCUT2D eigenvalue weighted by molar-refractivity contribution is -0.132. The van der Waals surface area contributed by atoms with Gasteiger partial charge in [-0.15, -0.1) is 0 Å². The van der Waals surface area contributed by atoms with Crippen molar-refractivity contribution in [2.24, 2.45) is 0 Å². The summed E-state index contributed by atoms with van der Waals surface area (Å²) in [7, 11) is 0. The fourth-order valence-corrected chi connectivity index (χ4v) is 3.77. The molecular formula is C21H22FNO3. The lowest BCUT2D eigenvalue weighted by atomic mass is 10.0. The van der Waals surface area contributed by atoms with Gasteiger partial charge in [-0.1, -0.05) is 18.2 Å². The number of rotatable bonds is 4. The van der Waals surface area contributed by atoms with Gasteiger partial charge in [0.15, 0.2) is 11.5 Å². The Morgan fingerprint density at radius 2 is 1.96 bits per heavy atom. The normalized spacial score (nSPS) is 18.8. The molecule has 1 fully saturated rings. The predicted octanol–water partition coefficient (Wildman–Crippen LogP) is 3.89. The molecule has 2 aromatic rings. The molecule has 0 spiro atoms. The second-order valence-corrected chi connectivity index (χ2v) is 6.78. The molecule has 0 saturated carbocycles. The van der Waals surface area contributed by atoms with Crippen molar-refractivity contribution in [3.05, 3.63) is 59.4 Å². The van der Waals surface area contributed by atoms with Gasteiger partial charge in [0, 0.05) is 13.0 Å². The van der Waals surface area contributed by atoms with Gasteiger partial charge in [-0.25, -0.2) is 4.39 Å². The molecule has 1 atom stereocenters. The summed E-state index contributed by atoms with van der Waals surface area (Å²) in [5, 5.41) is 0. The highest BCUT2D eigenvalue weighted by Crippen LogP contribution is 2.38. The minimum Gasteiger partial charge on any atom is -0.486 e. The van der Waals surface area contributed by atoms with Crippen LogP contribution in [-0.2, 0) is 11.2 Å². The third-order valence-corrected chi connectivity index (χ3v) is 5.04. The van der Waals surface area contributed by atoms with E-state index in [1.165, 1.54) is 12.1 Å². The molecule has 136 valence electrons. The summed E-state index contributed by atoms with van der Waals surface area (Å²) in [5.74, 6) is 1.38. The molecule has 2 aliphatic rings. The number of nitrogens with zero attached hydrogens (tertiary/aromatic N) is 1. The molecule has 0 radical (unpaired) electrons. The molecular weight excluding hydrogens is 333 g/mol. The van der Waals surface area contributed by atoms with Crippen molar-refractivity contribution in [1.29, 1.82) is 0 Å². The van der Waals surface area contributed by atoms with E-state index in [1.54, 1.807) is 6.07 Å². The van der Waals surface area contributed by atoms with E-state index in [0.29, 0.717) is 26.1 Å². The fraction of sp³-hybridized carbons (Fsp3) is 0.381. The Hall–Kier alpha value is -2.56. The van der Waals surface area contributed by atoms with Crippen LogP contribution >= 0.6 is 0 Å². The molecule has 0 N–H and O–H groups in total. The van der Waals surface area contributed by atoms with Gasteiger partial charge < -0.3 is 14.4 Å². The molecule has 2 aromatic carbocycles. The second kappa shape index (κ2) is 7.36. The SMILES string of the molecule is O=C(CCc1cccc(F)c1)N1CCCC1c1ccc2c(c1)OCCO2. The summed E-state index contributed by atoms with van der Waals surface area (Å²) in [6, 6.07) is 12.5. The number of likely N-dealkylation sites (tertiary alicyclic amines) is 1. The number of fused-ring (bicyclic) bond motifs is 1. The first-order chi connectivity index (χ1) is 12.7. The molecule has 0 aromatic heterocycles. The zero-order valence-corrected chi connectivity index (χ0v) is 14.6. The molecule has 1 unspecified atom stereocenters. The number of amides is 1. The largest absolute Gasteiger partial charge is 0.486 e. The molecule has 4 nitrogen and oxygen atoms in total. The van der Waals surface area contributed by atoms with Gasteiger partial charge in [-0.3, -0.25) is 4.79 Å². The molecule has 2 heterocycles. The molecule has 1 saturated heterocycles. The predicted molar refractivity (Wildman–Crippen MR) is 95.8 cm³/mol. The highest BCUT2D eigenvalue weighted by atomic mass is 19.1. The first-order valence-corrected chi connectivity index (χ1v) is 9.14. The van der Waals surface area contributed by atoms with Crippen molar-refractivity contribution in [3.8, 4) is 11.5 Å². The fourth-order valence-electron chi connectivity index (χ4n) is 3.77. The maximum atomic E-state index is 13.3. The first-order valence-electron chi connectivity index (χ1n) is 9.14. The minimum absolute atomic E-state index is 0.0748. The summed E-state index contributed by atoms with van der Waals surface area (Å²) in [5.41, 5.74) is 1.94. The lowest BCUT2D eigenvalue weighted by Gasteiger charge is -2.27. The Morgan fingerprint density at radius 3 is 2.81 bits per heavy atom. The maximum Gasteiger partial charge on any atom is 0.223 e. The minimum atomic E-state index is -0.259. The molecule has 2 aliphatic heterocycles. The summed E-state index contributed by atoms with van der Waals surface area (Å²) < 4.78 is 24.5. The summed E-state index contributed by atoms with van der Waals surface area (Å²) in [4.78, 5) is 14.7. The molecule has 26 heavy (non-hydrogen) atoms. The quantitative estimate of drug-likeness (QED) is 0.835. The van der Waals surface area contributed by atoms with Crippen LogP contribution in [0.1, 0.15) is 36.4 Å². The molecule has 4 rings (SSSR count). The van der Waals surface area contributed by atoms with Crippen LogP contribution in [0.5, 0.6) is 11.5 Å². The van der Waals surface area contributed by atoms with E-state index in [-0.39, 0.29) is 17.8 Å². The topological polar surface area (TPSA) is 38.8 Å². The van der Waals surface area contributed by atoms with E-state index in [2.05, 4.69) is 0 Å². The van der Waals surface area contributed by atoms with Crippen molar-refractivity contribution in [2.45, 2.75) is 31.7 Å². The van der Waals surface area contributed by atoms with Crippen LogP contribution in [0.15, 0.2) is 42.5 Å². The standard InChI is InChI=1S/C21H22FNO3/c22-17-4-1-3-15(13-17)6-9-21(24)23-10-2-5-18(23)16-7-8-19-20(14-16)26-12-11-25-19/h1,3-4,7-8,13-14,18H,2,5-6,9-12H2. The van der Waals surface area contributed by atoms with E-state index < -0.39 is 0 Å². The Labute approximate surface area is 152 Å². The number of carbonyl (C=O) groups excluding carboxylic acids is 1. The van der Waals surface area contributed by atoms with Crippen molar-refractivity contribution >= 4 is 5.91 Å². The maximum absolute atomic E-state index is 13.3. The molecule has 0 aliphatic carbocycles. The van der Waals surface area contributed by atoms with Crippen LogP contribution in [0.25, 0.3) is 0 Å². The molecule has 1 amide bonds. The van der Waals surface area contributed by atoms with Crippen molar-refractivity contribution < 1.29 is 18.7 Å². The van der Waals surface area contributed by atoms with Crippen LogP contribution in [0.4, 0.5) is 4.39 Å².